The summed E-state index contributed by atoms with van der Waals surface area (Å²) in [7, 11) is 1.70. The summed E-state index contributed by atoms with van der Waals surface area (Å²) in [4.78, 5) is 21.6. The van der Waals surface area contributed by atoms with E-state index in [1.54, 1.807) is 42.6 Å². The van der Waals surface area contributed by atoms with Gasteiger partial charge >= 0.3 is 0 Å². The van der Waals surface area contributed by atoms with Crippen LogP contribution >= 0.6 is 46.9 Å². The number of hydrogen-bond acceptors (Lipinski definition) is 4. The predicted molar refractivity (Wildman–Crippen MR) is 114 cm³/mol. The topological polar surface area (TPSA) is 78.4 Å². The summed E-state index contributed by atoms with van der Waals surface area (Å²) >= 11 is 7.64. The third kappa shape index (κ3) is 7.17. The minimum Gasteiger partial charge on any atom is -0.355 e. The number of benzene rings is 1. The van der Waals surface area contributed by atoms with Gasteiger partial charge < -0.3 is 16.0 Å². The lowest BCUT2D eigenvalue weighted by Gasteiger charge is -2.11. The molecule has 2 aromatic rings. The molecule has 1 aromatic carbocycles. The molecule has 0 spiro atoms. The van der Waals surface area contributed by atoms with Gasteiger partial charge in [-0.3, -0.25) is 9.79 Å². The molecule has 0 unspecified atom stereocenters. The molecular formula is C16H21ClIN5OS. The van der Waals surface area contributed by atoms with E-state index in [9.17, 15) is 4.79 Å². The van der Waals surface area contributed by atoms with Crippen molar-refractivity contribution in [2.45, 2.75) is 13.5 Å². The van der Waals surface area contributed by atoms with Crippen molar-refractivity contribution in [3.05, 3.63) is 50.9 Å². The molecule has 0 fully saturated rings. The third-order valence-electron chi connectivity index (χ3n) is 3.12. The molecule has 0 saturated carbocycles. The van der Waals surface area contributed by atoms with Crippen LogP contribution in [-0.4, -0.2) is 37.0 Å². The van der Waals surface area contributed by atoms with E-state index in [1.165, 1.54) is 4.88 Å². The molecule has 0 bridgehead atoms. The highest BCUT2D eigenvalue weighted by Crippen LogP contribution is 2.14. The summed E-state index contributed by atoms with van der Waals surface area (Å²) in [5.41, 5.74) is 0.473. The van der Waals surface area contributed by atoms with Gasteiger partial charge in [-0.15, -0.1) is 35.3 Å². The number of halogens is 2. The summed E-state index contributed by atoms with van der Waals surface area (Å²) in [5.74, 6) is 0.471. The number of hydrogen-bond donors (Lipinski definition) is 3. The maximum Gasteiger partial charge on any atom is 0.252 e. The molecule has 0 aliphatic rings. The van der Waals surface area contributed by atoms with Crippen molar-refractivity contribution in [1.29, 1.82) is 0 Å². The van der Waals surface area contributed by atoms with Gasteiger partial charge in [0.15, 0.2) is 5.96 Å². The molecule has 0 radical (unpaired) electrons. The fraction of sp³-hybridized carbons (Fsp3) is 0.312. The fourth-order valence-corrected chi connectivity index (χ4v) is 2.91. The Balaban J connectivity index is 0.00000312. The molecule has 9 heteroatoms. The second-order valence-corrected chi connectivity index (χ2v) is 6.68. The van der Waals surface area contributed by atoms with Crippen LogP contribution < -0.4 is 16.0 Å². The summed E-state index contributed by atoms with van der Waals surface area (Å²) in [6.07, 6.45) is 1.85. The van der Waals surface area contributed by atoms with Crippen molar-refractivity contribution in [1.82, 2.24) is 20.9 Å². The van der Waals surface area contributed by atoms with Crippen LogP contribution in [0.15, 0.2) is 35.5 Å². The molecule has 2 rings (SSSR count). The zero-order chi connectivity index (χ0) is 17.4. The van der Waals surface area contributed by atoms with Crippen molar-refractivity contribution >= 4 is 58.8 Å². The Kier molecular flexibility index (Phi) is 9.76. The standard InChI is InChI=1S/C16H20ClN5OS.HI/c1-11-9-21-14(24-11)10-22-16(18-2)20-8-7-19-15(23)12-5-3-4-6-13(12)17;/h3-6,9H,7-8,10H2,1-2H3,(H,19,23)(H2,18,20,22);1H. The zero-order valence-electron chi connectivity index (χ0n) is 14.0. The molecular weight excluding hydrogens is 473 g/mol. The molecule has 1 aromatic heterocycles. The molecule has 0 aliphatic heterocycles. The van der Waals surface area contributed by atoms with Crippen molar-refractivity contribution < 1.29 is 4.79 Å². The monoisotopic (exact) mass is 493 g/mol. The van der Waals surface area contributed by atoms with Crippen molar-refractivity contribution in [2.75, 3.05) is 20.1 Å². The highest BCUT2D eigenvalue weighted by atomic mass is 127. The summed E-state index contributed by atoms with van der Waals surface area (Å²) in [5, 5.41) is 10.6. The van der Waals surface area contributed by atoms with Crippen LogP contribution in [0.25, 0.3) is 0 Å². The third-order valence-corrected chi connectivity index (χ3v) is 4.36. The minimum atomic E-state index is -0.191. The van der Waals surface area contributed by atoms with E-state index in [4.69, 9.17) is 11.6 Å². The maximum atomic E-state index is 12.0. The first-order valence-electron chi connectivity index (χ1n) is 7.48. The van der Waals surface area contributed by atoms with Crippen molar-refractivity contribution in [3.8, 4) is 0 Å². The van der Waals surface area contributed by atoms with Gasteiger partial charge in [-0.2, -0.15) is 0 Å². The van der Waals surface area contributed by atoms with Crippen LogP contribution in [0.1, 0.15) is 20.2 Å². The van der Waals surface area contributed by atoms with Crippen LogP contribution in [0.4, 0.5) is 0 Å². The first kappa shape index (κ1) is 21.7. The van der Waals surface area contributed by atoms with Gasteiger partial charge in [0, 0.05) is 31.2 Å². The first-order valence-corrected chi connectivity index (χ1v) is 8.68. The summed E-state index contributed by atoms with van der Waals surface area (Å²) in [6.45, 7) is 3.65. The number of carbonyl (C=O) groups is 1. The van der Waals surface area contributed by atoms with Gasteiger partial charge in [-0.05, 0) is 19.1 Å². The second kappa shape index (κ2) is 11.3. The number of aliphatic imine (C=N–C) groups is 1. The van der Waals surface area contributed by atoms with E-state index >= 15 is 0 Å². The number of guanidine groups is 1. The molecule has 25 heavy (non-hydrogen) atoms. The molecule has 0 atom stereocenters. The number of aromatic nitrogens is 1. The molecule has 1 amide bonds. The number of amides is 1. The average Bonchev–Trinajstić information content (AvgIpc) is 3.00. The van der Waals surface area contributed by atoms with Crippen LogP contribution in [0, 0.1) is 6.92 Å². The van der Waals surface area contributed by atoms with Crippen molar-refractivity contribution in [3.63, 3.8) is 0 Å². The average molecular weight is 494 g/mol. The molecule has 0 saturated heterocycles. The van der Waals surface area contributed by atoms with Crippen LogP contribution in [0.5, 0.6) is 0 Å². The summed E-state index contributed by atoms with van der Waals surface area (Å²) in [6, 6.07) is 6.97. The van der Waals surface area contributed by atoms with Crippen LogP contribution in [0.3, 0.4) is 0 Å². The molecule has 0 aliphatic carbocycles. The highest BCUT2D eigenvalue weighted by molar-refractivity contribution is 14.0. The normalized spacial score (nSPS) is 10.8. The Morgan fingerprint density at radius 1 is 1.24 bits per heavy atom. The Labute approximate surface area is 173 Å². The molecule has 6 nitrogen and oxygen atoms in total. The predicted octanol–water partition coefficient (Wildman–Crippen LogP) is 2.82. The van der Waals surface area contributed by atoms with E-state index in [0.717, 1.165) is 5.01 Å². The lowest BCUT2D eigenvalue weighted by Crippen LogP contribution is -2.41. The van der Waals surface area contributed by atoms with Gasteiger partial charge in [0.05, 0.1) is 17.1 Å². The van der Waals surface area contributed by atoms with Crippen molar-refractivity contribution in [2.24, 2.45) is 4.99 Å². The van der Waals surface area contributed by atoms with Crippen LogP contribution in [-0.2, 0) is 6.54 Å². The van der Waals surface area contributed by atoms with E-state index in [2.05, 4.69) is 25.9 Å². The molecule has 1 heterocycles. The smallest absolute Gasteiger partial charge is 0.252 e. The molecule has 136 valence electrons. The maximum absolute atomic E-state index is 12.0. The highest BCUT2D eigenvalue weighted by Gasteiger charge is 2.08. The first-order chi connectivity index (χ1) is 11.6. The minimum absolute atomic E-state index is 0. The molecule has 3 N–H and O–H groups in total. The number of nitrogens with one attached hydrogen (secondary N) is 3. The van der Waals surface area contributed by atoms with Crippen LogP contribution in [0.2, 0.25) is 5.02 Å². The zero-order valence-corrected chi connectivity index (χ0v) is 17.9. The lowest BCUT2D eigenvalue weighted by atomic mass is 10.2. The van der Waals surface area contributed by atoms with Gasteiger partial charge in [-0.1, -0.05) is 23.7 Å². The number of thiazole rings is 1. The Morgan fingerprint density at radius 3 is 2.60 bits per heavy atom. The quantitative estimate of drug-likeness (QED) is 0.250. The van der Waals surface area contributed by atoms with E-state index in [0.29, 0.717) is 36.2 Å². The SMILES string of the molecule is CN=C(NCCNC(=O)c1ccccc1Cl)NCc1ncc(C)s1.I. The number of aryl methyl sites for hydroxylation is 1. The summed E-state index contributed by atoms with van der Waals surface area (Å²) < 4.78 is 0. The van der Waals surface area contributed by atoms with E-state index in [-0.39, 0.29) is 29.9 Å². The number of rotatable bonds is 6. The Morgan fingerprint density at radius 2 is 1.96 bits per heavy atom. The van der Waals surface area contributed by atoms with Gasteiger partial charge in [0.1, 0.15) is 5.01 Å². The largest absolute Gasteiger partial charge is 0.355 e. The fourth-order valence-electron chi connectivity index (χ4n) is 1.96. The van der Waals surface area contributed by atoms with Gasteiger partial charge in [0.25, 0.3) is 5.91 Å². The number of carbonyl (C=O) groups excluding carboxylic acids is 1. The van der Waals surface area contributed by atoms with E-state index < -0.39 is 0 Å². The number of nitrogens with zero attached hydrogens (tertiary/aromatic N) is 2. The second-order valence-electron chi connectivity index (χ2n) is 4.95. The Bertz CT molecular complexity index is 722. The Hall–Kier alpha value is -1.39. The van der Waals surface area contributed by atoms with Gasteiger partial charge in [-0.25, -0.2) is 4.98 Å². The van der Waals surface area contributed by atoms with Gasteiger partial charge in [0.2, 0.25) is 0 Å². The van der Waals surface area contributed by atoms with E-state index in [1.807, 2.05) is 13.1 Å². The lowest BCUT2D eigenvalue weighted by molar-refractivity contribution is 0.0954.